The van der Waals surface area contributed by atoms with Crippen LogP contribution in [0.3, 0.4) is 0 Å². The molecule has 0 spiro atoms. The summed E-state index contributed by atoms with van der Waals surface area (Å²) < 4.78 is 10.8. The molecule has 2 aliphatic rings. The lowest BCUT2D eigenvalue weighted by Crippen LogP contribution is -2.48. The number of ether oxygens (including phenoxy) is 1. The van der Waals surface area contributed by atoms with Gasteiger partial charge in [0.05, 0.1) is 17.3 Å². The highest BCUT2D eigenvalue weighted by molar-refractivity contribution is 5.91. The summed E-state index contributed by atoms with van der Waals surface area (Å²) in [5.74, 6) is 0.228. The topological polar surface area (TPSA) is 101 Å². The summed E-state index contributed by atoms with van der Waals surface area (Å²) in [5.41, 5.74) is 1.45. The van der Waals surface area contributed by atoms with Crippen LogP contribution >= 0.6 is 0 Å². The van der Waals surface area contributed by atoms with Gasteiger partial charge in [-0.2, -0.15) is 0 Å². The lowest BCUT2D eigenvalue weighted by atomic mass is 10.2. The molecule has 2 saturated heterocycles. The Morgan fingerprint density at radius 3 is 2.72 bits per heavy atom. The van der Waals surface area contributed by atoms with Gasteiger partial charge in [0.2, 0.25) is 0 Å². The number of furan rings is 1. The van der Waals surface area contributed by atoms with Crippen molar-refractivity contribution >= 4 is 23.0 Å². The van der Waals surface area contributed by atoms with Gasteiger partial charge in [0.25, 0.3) is 11.6 Å². The molecule has 1 N–H and O–H groups in total. The summed E-state index contributed by atoms with van der Waals surface area (Å²) in [4.78, 5) is 27.3. The third-order valence-electron chi connectivity index (χ3n) is 5.38. The lowest BCUT2D eigenvalue weighted by molar-refractivity contribution is -0.383. The van der Waals surface area contributed by atoms with E-state index in [0.717, 1.165) is 25.1 Å². The van der Waals surface area contributed by atoms with Crippen LogP contribution in [0.5, 0.6) is 0 Å². The molecule has 0 unspecified atom stereocenters. The first kappa shape index (κ1) is 19.3. The first-order valence-corrected chi connectivity index (χ1v) is 9.83. The summed E-state index contributed by atoms with van der Waals surface area (Å²) in [6.45, 7) is 3.72. The minimum atomic E-state index is -0.373. The van der Waals surface area contributed by atoms with Gasteiger partial charge in [-0.25, -0.2) is 0 Å². The molecule has 2 fully saturated rings. The highest BCUT2D eigenvalue weighted by atomic mass is 16.6. The second-order valence-electron chi connectivity index (χ2n) is 7.23. The van der Waals surface area contributed by atoms with Gasteiger partial charge in [-0.15, -0.1) is 0 Å². The molecule has 2 aromatic rings. The van der Waals surface area contributed by atoms with Crippen molar-refractivity contribution in [1.29, 1.82) is 0 Å². The summed E-state index contributed by atoms with van der Waals surface area (Å²) in [6, 6.07) is 8.48. The van der Waals surface area contributed by atoms with Crippen molar-refractivity contribution < 1.29 is 18.9 Å². The predicted molar refractivity (Wildman–Crippen MR) is 107 cm³/mol. The Labute approximate surface area is 168 Å². The number of rotatable bonds is 6. The van der Waals surface area contributed by atoms with E-state index in [1.165, 1.54) is 12.3 Å². The number of nitrogens with one attached hydrogen (secondary N) is 1. The number of nitro groups is 1. The Morgan fingerprint density at radius 2 is 2.07 bits per heavy atom. The lowest BCUT2D eigenvalue weighted by Gasteiger charge is -2.35. The Hall–Kier alpha value is -3.07. The van der Waals surface area contributed by atoms with E-state index in [-0.39, 0.29) is 22.6 Å². The van der Waals surface area contributed by atoms with Crippen LogP contribution in [-0.2, 0) is 4.74 Å². The molecule has 1 amide bonds. The van der Waals surface area contributed by atoms with Crippen molar-refractivity contribution in [2.45, 2.75) is 18.9 Å². The van der Waals surface area contributed by atoms with Crippen molar-refractivity contribution in [2.75, 3.05) is 49.5 Å². The van der Waals surface area contributed by atoms with Crippen molar-refractivity contribution in [1.82, 2.24) is 4.90 Å². The SMILES string of the molecule is O=C(c1ccco1)N1CCN(c2ccc([N+](=O)[O-])c(NC[C@H]3CCCO3)c2)CC1. The zero-order chi connectivity index (χ0) is 20.2. The molecule has 9 heteroatoms. The highest BCUT2D eigenvalue weighted by Crippen LogP contribution is 2.30. The van der Waals surface area contributed by atoms with Gasteiger partial charge in [-0.3, -0.25) is 14.9 Å². The smallest absolute Gasteiger partial charge is 0.292 e. The minimum Gasteiger partial charge on any atom is -0.459 e. The largest absolute Gasteiger partial charge is 0.459 e. The average molecular weight is 400 g/mol. The average Bonchev–Trinajstić information content (AvgIpc) is 3.45. The van der Waals surface area contributed by atoms with Gasteiger partial charge in [-0.05, 0) is 37.1 Å². The molecule has 29 heavy (non-hydrogen) atoms. The zero-order valence-electron chi connectivity index (χ0n) is 16.1. The van der Waals surface area contributed by atoms with Crippen LogP contribution in [0.2, 0.25) is 0 Å². The fraction of sp³-hybridized carbons (Fsp3) is 0.450. The summed E-state index contributed by atoms with van der Waals surface area (Å²) in [5, 5.41) is 14.6. The van der Waals surface area contributed by atoms with Gasteiger partial charge >= 0.3 is 0 Å². The Bertz CT molecular complexity index is 856. The van der Waals surface area contributed by atoms with E-state index in [2.05, 4.69) is 10.2 Å². The number of nitrogens with zero attached hydrogens (tertiary/aromatic N) is 3. The Balaban J connectivity index is 1.42. The van der Waals surface area contributed by atoms with Gasteiger partial charge < -0.3 is 24.3 Å². The molecule has 1 atom stereocenters. The van der Waals surface area contributed by atoms with Gasteiger partial charge in [0.1, 0.15) is 5.69 Å². The van der Waals surface area contributed by atoms with Crippen LogP contribution in [0.15, 0.2) is 41.0 Å². The van der Waals surface area contributed by atoms with Crippen molar-refractivity contribution in [3.8, 4) is 0 Å². The second kappa shape index (κ2) is 8.52. The Morgan fingerprint density at radius 1 is 1.24 bits per heavy atom. The number of hydrogen-bond donors (Lipinski definition) is 1. The van der Waals surface area contributed by atoms with Gasteiger partial charge in [-0.1, -0.05) is 0 Å². The number of benzene rings is 1. The van der Waals surface area contributed by atoms with E-state index in [9.17, 15) is 14.9 Å². The maximum absolute atomic E-state index is 12.4. The van der Waals surface area contributed by atoms with Crippen LogP contribution in [0.25, 0.3) is 0 Å². The van der Waals surface area contributed by atoms with E-state index in [1.54, 1.807) is 23.1 Å². The molecule has 154 valence electrons. The number of hydrogen-bond acceptors (Lipinski definition) is 7. The van der Waals surface area contributed by atoms with Crippen LogP contribution in [0, 0.1) is 10.1 Å². The molecule has 1 aromatic heterocycles. The van der Waals surface area contributed by atoms with Crippen molar-refractivity contribution in [2.24, 2.45) is 0 Å². The first-order chi connectivity index (χ1) is 14.1. The van der Waals surface area contributed by atoms with Crippen molar-refractivity contribution in [3.63, 3.8) is 0 Å². The van der Waals surface area contributed by atoms with E-state index >= 15 is 0 Å². The number of anilines is 2. The zero-order valence-corrected chi connectivity index (χ0v) is 16.1. The first-order valence-electron chi connectivity index (χ1n) is 9.83. The number of piperazine rings is 1. The number of amides is 1. The van der Waals surface area contributed by atoms with Crippen LogP contribution in [0.4, 0.5) is 17.1 Å². The fourth-order valence-corrected chi connectivity index (χ4v) is 3.77. The predicted octanol–water partition coefficient (Wildman–Crippen LogP) is 2.74. The van der Waals surface area contributed by atoms with E-state index in [1.807, 2.05) is 6.07 Å². The molecule has 3 heterocycles. The molecule has 0 radical (unpaired) electrons. The fourth-order valence-electron chi connectivity index (χ4n) is 3.77. The van der Waals surface area contributed by atoms with Crippen LogP contribution < -0.4 is 10.2 Å². The molecular weight excluding hydrogens is 376 g/mol. The monoisotopic (exact) mass is 400 g/mol. The number of carbonyl (C=O) groups excluding carboxylic acids is 1. The second-order valence-corrected chi connectivity index (χ2v) is 7.23. The molecule has 9 nitrogen and oxygen atoms in total. The molecule has 0 saturated carbocycles. The van der Waals surface area contributed by atoms with Gasteiger partial charge in [0, 0.05) is 51.1 Å². The summed E-state index contributed by atoms with van der Waals surface area (Å²) >= 11 is 0. The standard InChI is InChI=1S/C20H24N4O5/c25-20(19-4-2-12-29-19)23-9-7-22(8-10-23)15-5-6-18(24(26)27)17(13-15)21-14-16-3-1-11-28-16/h2,4-6,12-13,16,21H,1,3,7-11,14H2/t16-/m1/s1. The summed E-state index contributed by atoms with van der Waals surface area (Å²) in [6.07, 6.45) is 3.57. The van der Waals surface area contributed by atoms with E-state index in [0.29, 0.717) is 44.2 Å². The van der Waals surface area contributed by atoms with E-state index in [4.69, 9.17) is 9.15 Å². The highest BCUT2D eigenvalue weighted by Gasteiger charge is 2.25. The Kier molecular flexibility index (Phi) is 5.66. The van der Waals surface area contributed by atoms with Crippen LogP contribution in [0.1, 0.15) is 23.4 Å². The third kappa shape index (κ3) is 4.34. The molecule has 2 aliphatic heterocycles. The third-order valence-corrected chi connectivity index (χ3v) is 5.38. The van der Waals surface area contributed by atoms with Gasteiger partial charge in [0.15, 0.2) is 5.76 Å². The van der Waals surface area contributed by atoms with E-state index < -0.39 is 0 Å². The minimum absolute atomic E-state index is 0.0541. The van der Waals surface area contributed by atoms with Crippen molar-refractivity contribution in [3.05, 3.63) is 52.5 Å². The maximum Gasteiger partial charge on any atom is 0.292 e. The van der Waals surface area contributed by atoms with Crippen LogP contribution in [-0.4, -0.2) is 61.2 Å². The molecule has 4 rings (SSSR count). The quantitative estimate of drug-likeness (QED) is 0.588. The summed E-state index contributed by atoms with van der Waals surface area (Å²) in [7, 11) is 0. The molecule has 0 aliphatic carbocycles. The number of nitro benzene ring substituents is 1. The number of carbonyl (C=O) groups is 1. The normalized spacial score (nSPS) is 19.4. The molecular formula is C20H24N4O5. The molecule has 0 bridgehead atoms. The maximum atomic E-state index is 12.4. The molecule has 1 aromatic carbocycles.